The van der Waals surface area contributed by atoms with Crippen molar-refractivity contribution >= 4 is 16.9 Å². The van der Waals surface area contributed by atoms with Crippen LogP contribution in [0.5, 0.6) is 0 Å². The average molecular weight is 280 g/mol. The Morgan fingerprint density at radius 2 is 2.05 bits per heavy atom. The normalized spacial score (nSPS) is 13.6. The molecule has 6 heteroatoms. The van der Waals surface area contributed by atoms with Gasteiger partial charge in [-0.25, -0.2) is 20.8 Å². The molecule has 6 nitrogen and oxygen atoms in total. The van der Waals surface area contributed by atoms with Crippen LogP contribution in [0.3, 0.4) is 0 Å². The number of benzene rings is 1. The minimum Gasteiger partial charge on any atom is -0.342 e. The number of nitrogens with two attached hydrogens (primary N) is 1. The van der Waals surface area contributed by atoms with Crippen molar-refractivity contribution in [2.75, 3.05) is 5.43 Å². The van der Waals surface area contributed by atoms with Crippen LogP contribution in [0, 0.1) is 0 Å². The van der Waals surface area contributed by atoms with E-state index in [1.807, 2.05) is 24.3 Å². The Kier molecular flexibility index (Phi) is 2.82. The number of para-hydroxylation sites is 2. The topological polar surface area (TPSA) is 92.5 Å². The maximum Gasteiger partial charge on any atom is 0.147 e. The van der Waals surface area contributed by atoms with Crippen LogP contribution in [0.1, 0.15) is 29.3 Å². The number of nitrogens with one attached hydrogen (secondary N) is 2. The summed E-state index contributed by atoms with van der Waals surface area (Å²) < 4.78 is 0. The molecule has 2 heterocycles. The summed E-state index contributed by atoms with van der Waals surface area (Å²) in [6.45, 7) is 0. The van der Waals surface area contributed by atoms with Crippen molar-refractivity contribution < 1.29 is 0 Å². The van der Waals surface area contributed by atoms with Gasteiger partial charge in [-0.05, 0) is 31.4 Å². The molecule has 2 aromatic heterocycles. The Balaban J connectivity index is 1.70. The Bertz CT molecular complexity index is 774. The van der Waals surface area contributed by atoms with Gasteiger partial charge >= 0.3 is 0 Å². The molecule has 0 fully saturated rings. The van der Waals surface area contributed by atoms with Gasteiger partial charge in [-0.1, -0.05) is 12.1 Å². The second-order valence-corrected chi connectivity index (χ2v) is 5.29. The Morgan fingerprint density at radius 1 is 1.14 bits per heavy atom. The molecule has 3 aromatic rings. The number of hydrazine groups is 1. The fourth-order valence-corrected chi connectivity index (χ4v) is 2.92. The molecule has 0 saturated heterocycles. The van der Waals surface area contributed by atoms with E-state index in [-0.39, 0.29) is 0 Å². The standard InChI is InChI=1S/C15H16N6/c16-21-15-9-4-3-7-10(9)17-14(20-15)8-13-18-11-5-1-2-6-12(11)19-13/h1-2,5-6H,3-4,7-8,16H2,(H,18,19)(H,17,20,21). The first-order valence-corrected chi connectivity index (χ1v) is 7.12. The molecular formula is C15H16N6. The van der Waals surface area contributed by atoms with Crippen molar-refractivity contribution in [1.82, 2.24) is 19.9 Å². The molecule has 1 aliphatic rings. The number of nitrogens with zero attached hydrogens (tertiary/aromatic N) is 3. The Hall–Kier alpha value is -2.47. The molecule has 0 bridgehead atoms. The van der Waals surface area contributed by atoms with Crippen molar-refractivity contribution in [3.63, 3.8) is 0 Å². The highest BCUT2D eigenvalue weighted by molar-refractivity contribution is 5.74. The molecule has 4 rings (SSSR count). The summed E-state index contributed by atoms with van der Waals surface area (Å²) >= 11 is 0. The van der Waals surface area contributed by atoms with E-state index in [1.54, 1.807) is 0 Å². The molecule has 1 aliphatic carbocycles. The first kappa shape index (κ1) is 12.3. The van der Waals surface area contributed by atoms with Gasteiger partial charge in [-0.15, -0.1) is 0 Å². The van der Waals surface area contributed by atoms with E-state index < -0.39 is 0 Å². The van der Waals surface area contributed by atoms with Crippen molar-refractivity contribution in [1.29, 1.82) is 0 Å². The second-order valence-electron chi connectivity index (χ2n) is 5.29. The van der Waals surface area contributed by atoms with E-state index in [4.69, 9.17) is 5.84 Å². The third-order valence-electron chi connectivity index (χ3n) is 3.88. The lowest BCUT2D eigenvalue weighted by Gasteiger charge is -2.08. The fourth-order valence-electron chi connectivity index (χ4n) is 2.92. The van der Waals surface area contributed by atoms with Gasteiger partial charge in [0.2, 0.25) is 0 Å². The fraction of sp³-hybridized carbons (Fsp3) is 0.267. The lowest BCUT2D eigenvalue weighted by atomic mass is 10.2. The largest absolute Gasteiger partial charge is 0.342 e. The van der Waals surface area contributed by atoms with Crippen LogP contribution < -0.4 is 11.3 Å². The summed E-state index contributed by atoms with van der Waals surface area (Å²) in [5.41, 5.74) is 6.97. The number of anilines is 1. The molecule has 0 radical (unpaired) electrons. The molecular weight excluding hydrogens is 264 g/mol. The minimum absolute atomic E-state index is 0.580. The summed E-state index contributed by atoms with van der Waals surface area (Å²) in [4.78, 5) is 17.1. The summed E-state index contributed by atoms with van der Waals surface area (Å²) in [7, 11) is 0. The van der Waals surface area contributed by atoms with Crippen molar-refractivity contribution in [2.45, 2.75) is 25.7 Å². The van der Waals surface area contributed by atoms with E-state index >= 15 is 0 Å². The first-order chi connectivity index (χ1) is 10.3. The zero-order valence-electron chi connectivity index (χ0n) is 11.6. The highest BCUT2D eigenvalue weighted by atomic mass is 15.3. The van der Waals surface area contributed by atoms with Crippen molar-refractivity contribution in [3.8, 4) is 0 Å². The Morgan fingerprint density at radius 3 is 2.90 bits per heavy atom. The van der Waals surface area contributed by atoms with Crippen LogP contribution in [0.25, 0.3) is 11.0 Å². The zero-order valence-corrected chi connectivity index (χ0v) is 11.6. The quantitative estimate of drug-likeness (QED) is 0.502. The van der Waals surface area contributed by atoms with Gasteiger partial charge in [0.1, 0.15) is 17.5 Å². The van der Waals surface area contributed by atoms with Gasteiger partial charge in [0.05, 0.1) is 17.5 Å². The number of hydrogen-bond acceptors (Lipinski definition) is 5. The maximum atomic E-state index is 5.58. The number of H-pyrrole nitrogens is 1. The number of rotatable bonds is 3. The number of hydrogen-bond donors (Lipinski definition) is 3. The smallest absolute Gasteiger partial charge is 0.147 e. The van der Waals surface area contributed by atoms with Crippen LogP contribution in [-0.2, 0) is 19.3 Å². The second kappa shape index (κ2) is 4.82. The molecule has 21 heavy (non-hydrogen) atoms. The van der Waals surface area contributed by atoms with Gasteiger partial charge in [-0.3, -0.25) is 0 Å². The lowest BCUT2D eigenvalue weighted by Crippen LogP contribution is -2.14. The molecule has 106 valence electrons. The van der Waals surface area contributed by atoms with Gasteiger partial charge in [0.15, 0.2) is 0 Å². The number of aromatic nitrogens is 4. The van der Waals surface area contributed by atoms with Crippen LogP contribution in [0.4, 0.5) is 5.82 Å². The highest BCUT2D eigenvalue weighted by Gasteiger charge is 2.19. The van der Waals surface area contributed by atoms with Crippen LogP contribution in [0.15, 0.2) is 24.3 Å². The summed E-state index contributed by atoms with van der Waals surface area (Å²) in [5.74, 6) is 7.96. The van der Waals surface area contributed by atoms with Gasteiger partial charge in [0.25, 0.3) is 0 Å². The Labute approximate surface area is 121 Å². The summed E-state index contributed by atoms with van der Waals surface area (Å²) in [6, 6.07) is 7.98. The van der Waals surface area contributed by atoms with Crippen LogP contribution in [0.2, 0.25) is 0 Å². The van der Waals surface area contributed by atoms with Gasteiger partial charge in [-0.2, -0.15) is 0 Å². The third kappa shape index (κ3) is 2.13. The molecule has 0 saturated carbocycles. The molecule has 0 atom stereocenters. The first-order valence-electron chi connectivity index (χ1n) is 7.12. The van der Waals surface area contributed by atoms with Gasteiger partial charge in [0, 0.05) is 11.3 Å². The molecule has 1 aromatic carbocycles. The van der Waals surface area contributed by atoms with Crippen molar-refractivity contribution in [3.05, 3.63) is 47.2 Å². The number of imidazole rings is 1. The minimum atomic E-state index is 0.580. The van der Waals surface area contributed by atoms with E-state index in [1.165, 1.54) is 0 Å². The predicted octanol–water partition coefficient (Wildman–Crippen LogP) is 1.72. The third-order valence-corrected chi connectivity index (χ3v) is 3.88. The monoisotopic (exact) mass is 280 g/mol. The molecule has 0 spiro atoms. The average Bonchev–Trinajstić information content (AvgIpc) is 3.11. The van der Waals surface area contributed by atoms with E-state index in [9.17, 15) is 0 Å². The predicted molar refractivity (Wildman–Crippen MR) is 80.8 cm³/mol. The maximum absolute atomic E-state index is 5.58. The van der Waals surface area contributed by atoms with Crippen LogP contribution >= 0.6 is 0 Å². The van der Waals surface area contributed by atoms with E-state index in [0.29, 0.717) is 6.42 Å². The molecule has 0 aliphatic heterocycles. The van der Waals surface area contributed by atoms with Gasteiger partial charge < -0.3 is 10.4 Å². The lowest BCUT2D eigenvalue weighted by molar-refractivity contribution is 0.871. The number of aromatic amines is 1. The van der Waals surface area contributed by atoms with E-state index in [2.05, 4.69) is 25.4 Å². The summed E-state index contributed by atoms with van der Waals surface area (Å²) in [6.07, 6.45) is 3.70. The number of nitrogen functional groups attached to an aromatic ring is 1. The van der Waals surface area contributed by atoms with Crippen LogP contribution in [-0.4, -0.2) is 19.9 Å². The molecule has 4 N–H and O–H groups in total. The highest BCUT2D eigenvalue weighted by Crippen LogP contribution is 2.26. The number of fused-ring (bicyclic) bond motifs is 2. The summed E-state index contributed by atoms with van der Waals surface area (Å²) in [5, 5.41) is 0. The SMILES string of the molecule is NNc1nc(Cc2nc3ccccc3[nH]2)nc2c1CCC2. The molecule has 0 amide bonds. The molecule has 0 unspecified atom stereocenters. The van der Waals surface area contributed by atoms with E-state index in [0.717, 1.165) is 59.0 Å². The van der Waals surface area contributed by atoms with Crippen molar-refractivity contribution in [2.24, 2.45) is 5.84 Å². The number of aryl methyl sites for hydroxylation is 1. The zero-order chi connectivity index (χ0) is 14.2.